The van der Waals surface area contributed by atoms with Gasteiger partial charge in [0.15, 0.2) is 11.6 Å². The van der Waals surface area contributed by atoms with E-state index < -0.39 is 11.9 Å². The van der Waals surface area contributed by atoms with Crippen molar-refractivity contribution in [2.24, 2.45) is 0 Å². The number of aromatic nitrogens is 3. The van der Waals surface area contributed by atoms with Gasteiger partial charge >= 0.3 is 0 Å². The van der Waals surface area contributed by atoms with Gasteiger partial charge in [-0.15, -0.1) is 0 Å². The van der Waals surface area contributed by atoms with Crippen molar-refractivity contribution in [3.63, 3.8) is 0 Å². The summed E-state index contributed by atoms with van der Waals surface area (Å²) in [6, 6.07) is 9.67. The van der Waals surface area contributed by atoms with Gasteiger partial charge in [0.25, 0.3) is 5.56 Å². The van der Waals surface area contributed by atoms with Crippen molar-refractivity contribution in [1.29, 1.82) is 0 Å². The first-order chi connectivity index (χ1) is 14.5. The number of nitrogens with two attached hydrogens (primary N) is 1. The summed E-state index contributed by atoms with van der Waals surface area (Å²) in [7, 11) is 0. The molecule has 1 saturated carbocycles. The Morgan fingerprint density at radius 1 is 1.20 bits per heavy atom. The van der Waals surface area contributed by atoms with E-state index in [1.165, 1.54) is 16.7 Å². The molecular formula is C22H23FN4O3. The molecule has 3 N–H and O–H groups in total. The fourth-order valence-corrected chi connectivity index (χ4v) is 3.66. The van der Waals surface area contributed by atoms with Crippen LogP contribution in [0.5, 0.6) is 5.75 Å². The molecule has 4 rings (SSSR count). The summed E-state index contributed by atoms with van der Waals surface area (Å²) >= 11 is 0. The fourth-order valence-electron chi connectivity index (χ4n) is 3.66. The summed E-state index contributed by atoms with van der Waals surface area (Å²) in [6.45, 7) is -0.0320. The molecule has 1 aliphatic carbocycles. The molecule has 8 heteroatoms. The number of aliphatic hydroxyl groups is 1. The Bertz CT molecular complexity index is 1060. The Morgan fingerprint density at radius 2 is 2.03 bits per heavy atom. The minimum absolute atomic E-state index is 0.0802. The second-order valence-corrected chi connectivity index (χ2v) is 7.58. The van der Waals surface area contributed by atoms with Gasteiger partial charge in [0.05, 0.1) is 24.6 Å². The van der Waals surface area contributed by atoms with Crippen LogP contribution < -0.4 is 16.0 Å². The third-order valence-electron chi connectivity index (χ3n) is 5.41. The van der Waals surface area contributed by atoms with Crippen LogP contribution in [0.1, 0.15) is 35.9 Å². The third-order valence-corrected chi connectivity index (χ3v) is 5.41. The van der Waals surface area contributed by atoms with E-state index in [0.29, 0.717) is 11.7 Å². The quantitative estimate of drug-likeness (QED) is 0.620. The van der Waals surface area contributed by atoms with Gasteiger partial charge in [0, 0.05) is 18.2 Å². The standard InChI is InChI=1S/C22H23FN4O3/c23-18-9-14(15-7-16(8-15)19-10-26-21(24)11-25-19)4-5-20(18)30-13-17(28)12-27-6-2-1-3-22(27)29/h1-6,9-11,15-17,28H,7-8,12-13H2,(H2,24,26). The van der Waals surface area contributed by atoms with Crippen LogP contribution in [0.2, 0.25) is 0 Å². The molecular weight excluding hydrogens is 387 g/mol. The molecule has 1 atom stereocenters. The number of hydrogen-bond acceptors (Lipinski definition) is 6. The van der Waals surface area contributed by atoms with E-state index in [0.717, 1.165) is 24.1 Å². The maximum Gasteiger partial charge on any atom is 0.250 e. The van der Waals surface area contributed by atoms with Gasteiger partial charge in [-0.2, -0.15) is 0 Å². The number of anilines is 1. The molecule has 0 spiro atoms. The van der Waals surface area contributed by atoms with Gasteiger partial charge < -0.3 is 20.1 Å². The summed E-state index contributed by atoms with van der Waals surface area (Å²) in [5, 5.41) is 10.1. The van der Waals surface area contributed by atoms with Crippen LogP contribution in [-0.2, 0) is 6.54 Å². The topological polar surface area (TPSA) is 103 Å². The normalized spacial score (nSPS) is 19.1. The zero-order chi connectivity index (χ0) is 21.1. The Labute approximate surface area is 173 Å². The van der Waals surface area contributed by atoms with Crippen molar-refractivity contribution in [1.82, 2.24) is 14.5 Å². The number of ether oxygens (including phenoxy) is 1. The van der Waals surface area contributed by atoms with Crippen LogP contribution in [0.4, 0.5) is 10.2 Å². The number of nitrogen functional groups attached to an aromatic ring is 1. The lowest BCUT2D eigenvalue weighted by Crippen LogP contribution is -2.29. The average Bonchev–Trinajstić information content (AvgIpc) is 2.69. The molecule has 0 radical (unpaired) electrons. The molecule has 0 bridgehead atoms. The smallest absolute Gasteiger partial charge is 0.250 e. The van der Waals surface area contributed by atoms with Gasteiger partial charge in [-0.05, 0) is 42.5 Å². The minimum Gasteiger partial charge on any atom is -0.488 e. The molecule has 0 aliphatic heterocycles. The van der Waals surface area contributed by atoms with E-state index in [1.807, 2.05) is 6.07 Å². The Hall–Kier alpha value is -3.26. The SMILES string of the molecule is Nc1cnc(C2CC(c3ccc(OCC(O)Cn4ccccc4=O)c(F)c3)C2)cn1. The van der Waals surface area contributed by atoms with Gasteiger partial charge in [-0.1, -0.05) is 12.1 Å². The lowest BCUT2D eigenvalue weighted by atomic mass is 9.70. The highest BCUT2D eigenvalue weighted by molar-refractivity contribution is 5.34. The highest BCUT2D eigenvalue weighted by Crippen LogP contribution is 2.47. The molecule has 156 valence electrons. The number of pyridine rings is 1. The Balaban J connectivity index is 1.31. The zero-order valence-electron chi connectivity index (χ0n) is 16.3. The number of halogens is 1. The third kappa shape index (κ3) is 4.49. The van der Waals surface area contributed by atoms with Crippen LogP contribution in [-0.4, -0.2) is 32.4 Å². The van der Waals surface area contributed by atoms with Gasteiger partial charge in [-0.3, -0.25) is 9.78 Å². The van der Waals surface area contributed by atoms with Crippen LogP contribution in [0.25, 0.3) is 0 Å². The molecule has 0 saturated heterocycles. The summed E-state index contributed by atoms with van der Waals surface area (Å²) in [4.78, 5) is 20.1. The number of hydrogen-bond donors (Lipinski definition) is 2. The lowest BCUT2D eigenvalue weighted by Gasteiger charge is -2.35. The van der Waals surface area contributed by atoms with E-state index >= 15 is 0 Å². The van der Waals surface area contributed by atoms with Crippen LogP contribution >= 0.6 is 0 Å². The molecule has 1 aromatic carbocycles. The molecule has 3 aromatic rings. The van der Waals surface area contributed by atoms with Gasteiger partial charge in [0.2, 0.25) is 0 Å². The van der Waals surface area contributed by atoms with Gasteiger partial charge in [0.1, 0.15) is 18.5 Å². The summed E-state index contributed by atoms with van der Waals surface area (Å²) < 4.78 is 21.3. The van der Waals surface area contributed by atoms with Crippen molar-refractivity contribution < 1.29 is 14.2 Å². The monoisotopic (exact) mass is 410 g/mol. The minimum atomic E-state index is -0.933. The Kier molecular flexibility index (Phi) is 5.76. The number of nitrogens with zero attached hydrogens (tertiary/aromatic N) is 3. The first kappa shape index (κ1) is 20.0. The van der Waals surface area contributed by atoms with E-state index in [-0.39, 0.29) is 30.4 Å². The van der Waals surface area contributed by atoms with Crippen LogP contribution in [0, 0.1) is 5.82 Å². The maximum absolute atomic E-state index is 14.5. The summed E-state index contributed by atoms with van der Waals surface area (Å²) in [5.41, 5.74) is 7.18. The van der Waals surface area contributed by atoms with Crippen LogP contribution in [0.15, 0.2) is 59.8 Å². The van der Waals surface area contributed by atoms with Crippen molar-refractivity contribution >= 4 is 5.82 Å². The van der Waals surface area contributed by atoms with E-state index in [1.54, 1.807) is 36.8 Å². The molecule has 1 unspecified atom stereocenters. The van der Waals surface area contributed by atoms with Gasteiger partial charge in [-0.25, -0.2) is 9.37 Å². The first-order valence-corrected chi connectivity index (χ1v) is 9.83. The molecule has 1 fully saturated rings. The van der Waals surface area contributed by atoms with Crippen molar-refractivity contribution in [3.8, 4) is 5.75 Å². The zero-order valence-corrected chi connectivity index (χ0v) is 16.3. The first-order valence-electron chi connectivity index (χ1n) is 9.83. The van der Waals surface area contributed by atoms with E-state index in [9.17, 15) is 14.3 Å². The number of rotatable bonds is 7. The fraction of sp³-hybridized carbons (Fsp3) is 0.318. The number of benzene rings is 1. The second-order valence-electron chi connectivity index (χ2n) is 7.58. The predicted molar refractivity (Wildman–Crippen MR) is 110 cm³/mol. The van der Waals surface area contributed by atoms with E-state index in [4.69, 9.17) is 10.5 Å². The average molecular weight is 410 g/mol. The molecule has 30 heavy (non-hydrogen) atoms. The van der Waals surface area contributed by atoms with Crippen molar-refractivity contribution in [2.45, 2.75) is 37.3 Å². The second kappa shape index (κ2) is 8.62. The van der Waals surface area contributed by atoms with Crippen LogP contribution in [0.3, 0.4) is 0 Å². The molecule has 0 amide bonds. The molecule has 2 heterocycles. The maximum atomic E-state index is 14.5. The van der Waals surface area contributed by atoms with Crippen molar-refractivity contribution in [2.75, 3.05) is 12.3 Å². The molecule has 1 aliphatic rings. The highest BCUT2D eigenvalue weighted by atomic mass is 19.1. The lowest BCUT2D eigenvalue weighted by molar-refractivity contribution is 0.0896. The van der Waals surface area contributed by atoms with Crippen molar-refractivity contribution in [3.05, 3.63) is 82.4 Å². The predicted octanol–water partition coefficient (Wildman–Crippen LogP) is 2.46. The van der Waals surface area contributed by atoms with E-state index in [2.05, 4.69) is 9.97 Å². The molecule has 2 aromatic heterocycles. The molecule has 7 nitrogen and oxygen atoms in total. The highest BCUT2D eigenvalue weighted by Gasteiger charge is 2.33. The number of aliphatic hydroxyl groups excluding tert-OH is 1. The summed E-state index contributed by atoms with van der Waals surface area (Å²) in [5.74, 6) is 0.575. The Morgan fingerprint density at radius 3 is 2.73 bits per heavy atom. The summed E-state index contributed by atoms with van der Waals surface area (Å²) in [6.07, 6.45) is 5.66. The largest absolute Gasteiger partial charge is 0.488 e.